The number of nitro benzene ring substituents is 1. The first kappa shape index (κ1) is 16.5. The Morgan fingerprint density at radius 2 is 1.95 bits per heavy atom. The van der Waals surface area contributed by atoms with Gasteiger partial charge in [-0.25, -0.2) is 8.42 Å². The van der Waals surface area contributed by atoms with Crippen molar-refractivity contribution in [1.29, 1.82) is 0 Å². The van der Waals surface area contributed by atoms with Crippen molar-refractivity contribution < 1.29 is 31.2 Å². The highest BCUT2D eigenvalue weighted by Crippen LogP contribution is 2.38. The van der Waals surface area contributed by atoms with Gasteiger partial charge in [-0.1, -0.05) is 6.92 Å². The number of nitrogens with zero attached hydrogens (tertiary/aromatic N) is 1. The highest BCUT2D eigenvalue weighted by atomic mass is 35.7. The van der Waals surface area contributed by atoms with Crippen molar-refractivity contribution >= 4 is 25.4 Å². The summed E-state index contributed by atoms with van der Waals surface area (Å²) >= 11 is 0. The molecule has 0 heterocycles. The van der Waals surface area contributed by atoms with Gasteiger partial charge in [-0.2, -0.15) is 0 Å². The monoisotopic (exact) mass is 333 g/mol. The molecule has 112 valence electrons. The van der Waals surface area contributed by atoms with E-state index in [0.717, 1.165) is 6.07 Å². The maximum absolute atomic E-state index is 12.2. The van der Waals surface area contributed by atoms with Crippen molar-refractivity contribution in [2.45, 2.75) is 24.6 Å². The van der Waals surface area contributed by atoms with E-state index in [2.05, 4.69) is 4.74 Å². The van der Waals surface area contributed by atoms with Gasteiger partial charge in [-0.15, -0.1) is 13.2 Å². The summed E-state index contributed by atoms with van der Waals surface area (Å²) in [6.07, 6.45) is -5.37. The molecule has 0 aliphatic carbocycles. The van der Waals surface area contributed by atoms with Crippen LogP contribution in [0.1, 0.15) is 12.5 Å². The summed E-state index contributed by atoms with van der Waals surface area (Å²) < 4.78 is 63.0. The molecule has 0 saturated heterocycles. The number of halogens is 4. The molecule has 11 heteroatoms. The number of ether oxygens (including phenoxy) is 1. The fraction of sp³-hybridized carbons (Fsp3) is 0.333. The predicted molar refractivity (Wildman–Crippen MR) is 62.2 cm³/mol. The summed E-state index contributed by atoms with van der Waals surface area (Å²) in [7, 11) is 0.394. The SMILES string of the molecule is CCc1c([N+](=O)[O-])ccc(OC(F)(F)F)c1S(=O)(=O)Cl. The molecule has 0 aliphatic heterocycles. The summed E-state index contributed by atoms with van der Waals surface area (Å²) in [6, 6.07) is 1.27. The fourth-order valence-corrected chi connectivity index (χ4v) is 2.98. The van der Waals surface area contributed by atoms with E-state index in [1.165, 1.54) is 6.92 Å². The molecule has 0 aliphatic rings. The molecule has 0 saturated carbocycles. The smallest absolute Gasteiger partial charge is 0.404 e. The quantitative estimate of drug-likeness (QED) is 0.480. The van der Waals surface area contributed by atoms with Gasteiger partial charge in [0.1, 0.15) is 10.6 Å². The molecular formula is C9H7ClF3NO5S. The average molecular weight is 334 g/mol. The number of benzene rings is 1. The molecule has 0 N–H and O–H groups in total. The molecule has 1 rings (SSSR count). The van der Waals surface area contributed by atoms with Gasteiger partial charge in [0.05, 0.1) is 10.5 Å². The van der Waals surface area contributed by atoms with E-state index >= 15 is 0 Å². The van der Waals surface area contributed by atoms with Gasteiger partial charge in [0.25, 0.3) is 14.7 Å². The molecule has 1 aromatic carbocycles. The molecule has 0 unspecified atom stereocenters. The second-order valence-electron chi connectivity index (χ2n) is 3.49. The highest BCUT2D eigenvalue weighted by molar-refractivity contribution is 8.13. The van der Waals surface area contributed by atoms with Crippen LogP contribution in [0.15, 0.2) is 17.0 Å². The number of alkyl halides is 3. The molecule has 6 nitrogen and oxygen atoms in total. The third-order valence-electron chi connectivity index (χ3n) is 2.22. The number of rotatable bonds is 4. The Labute approximate surface area is 115 Å². The lowest BCUT2D eigenvalue weighted by molar-refractivity contribution is -0.385. The second-order valence-corrected chi connectivity index (χ2v) is 5.99. The van der Waals surface area contributed by atoms with Crippen LogP contribution in [-0.2, 0) is 15.5 Å². The minimum Gasteiger partial charge on any atom is -0.404 e. The van der Waals surface area contributed by atoms with Crippen molar-refractivity contribution in [1.82, 2.24) is 0 Å². The molecule has 0 amide bonds. The first-order valence-electron chi connectivity index (χ1n) is 4.98. The van der Waals surface area contributed by atoms with Crippen LogP contribution in [0.2, 0.25) is 0 Å². The lowest BCUT2D eigenvalue weighted by Gasteiger charge is -2.14. The van der Waals surface area contributed by atoms with Gasteiger partial charge in [0, 0.05) is 16.7 Å². The first-order chi connectivity index (χ1) is 8.97. The summed E-state index contributed by atoms with van der Waals surface area (Å²) in [4.78, 5) is 8.80. The standard InChI is InChI=1S/C9H7ClF3NO5S/c1-2-5-6(14(15)16)3-4-7(19-9(11,12)13)8(5)20(10,17)18/h3-4H,2H2,1H3. The van der Waals surface area contributed by atoms with Crippen LogP contribution >= 0.6 is 10.7 Å². The molecule has 0 fully saturated rings. The van der Waals surface area contributed by atoms with Crippen LogP contribution in [-0.4, -0.2) is 19.7 Å². The van der Waals surface area contributed by atoms with Crippen molar-refractivity contribution in [3.05, 3.63) is 27.8 Å². The van der Waals surface area contributed by atoms with Crippen LogP contribution in [0.25, 0.3) is 0 Å². The molecule has 1 aromatic rings. The maximum atomic E-state index is 12.2. The summed E-state index contributed by atoms with van der Waals surface area (Å²) in [5.74, 6) is -1.10. The zero-order valence-corrected chi connectivity index (χ0v) is 11.3. The molecule has 0 aromatic heterocycles. The van der Waals surface area contributed by atoms with Gasteiger partial charge < -0.3 is 4.74 Å². The molecule has 0 radical (unpaired) electrons. The van der Waals surface area contributed by atoms with E-state index in [4.69, 9.17) is 10.7 Å². The summed E-state index contributed by atoms with van der Waals surface area (Å²) in [5.41, 5.74) is -1.10. The van der Waals surface area contributed by atoms with Gasteiger partial charge in [0.15, 0.2) is 0 Å². The van der Waals surface area contributed by atoms with Crippen molar-refractivity contribution in [2.24, 2.45) is 0 Å². The Morgan fingerprint density at radius 1 is 1.40 bits per heavy atom. The zero-order valence-electron chi connectivity index (χ0n) is 9.77. The maximum Gasteiger partial charge on any atom is 0.573 e. The highest BCUT2D eigenvalue weighted by Gasteiger charge is 2.36. The Balaban J connectivity index is 3.68. The van der Waals surface area contributed by atoms with E-state index in [0.29, 0.717) is 6.07 Å². The molecule has 0 bridgehead atoms. The molecule has 0 spiro atoms. The topological polar surface area (TPSA) is 86.5 Å². The molecule has 20 heavy (non-hydrogen) atoms. The van der Waals surface area contributed by atoms with Gasteiger partial charge in [-0.3, -0.25) is 10.1 Å². The average Bonchev–Trinajstić information content (AvgIpc) is 2.23. The predicted octanol–water partition coefficient (Wildman–Crippen LogP) is 2.98. The largest absolute Gasteiger partial charge is 0.573 e. The van der Waals surface area contributed by atoms with Crippen LogP contribution in [0.3, 0.4) is 0 Å². The molecular weight excluding hydrogens is 327 g/mol. The van der Waals surface area contributed by atoms with E-state index < -0.39 is 42.2 Å². The number of nitro groups is 1. The minimum atomic E-state index is -5.16. The normalized spacial score (nSPS) is 12.2. The summed E-state index contributed by atoms with van der Waals surface area (Å²) in [5, 5.41) is 10.8. The van der Waals surface area contributed by atoms with Crippen LogP contribution < -0.4 is 4.74 Å². The van der Waals surface area contributed by atoms with Gasteiger partial charge >= 0.3 is 6.36 Å². The van der Waals surface area contributed by atoms with Gasteiger partial charge in [-0.05, 0) is 12.5 Å². The van der Waals surface area contributed by atoms with E-state index in [-0.39, 0.29) is 6.42 Å². The van der Waals surface area contributed by atoms with Crippen molar-refractivity contribution in [2.75, 3.05) is 0 Å². The Bertz CT molecular complexity index is 644. The summed E-state index contributed by atoms with van der Waals surface area (Å²) in [6.45, 7) is 1.34. The van der Waals surface area contributed by atoms with Gasteiger partial charge in [0.2, 0.25) is 0 Å². The number of hydrogen-bond acceptors (Lipinski definition) is 5. The van der Waals surface area contributed by atoms with E-state index in [9.17, 15) is 31.7 Å². The Kier molecular flexibility index (Phi) is 4.49. The zero-order chi connectivity index (χ0) is 15.7. The lowest BCUT2D eigenvalue weighted by atomic mass is 10.1. The number of hydrogen-bond donors (Lipinski definition) is 0. The van der Waals surface area contributed by atoms with Crippen LogP contribution in [0.5, 0.6) is 5.75 Å². The van der Waals surface area contributed by atoms with Crippen molar-refractivity contribution in [3.8, 4) is 5.75 Å². The Hall–Kier alpha value is -1.55. The fourth-order valence-electron chi connectivity index (χ4n) is 1.58. The van der Waals surface area contributed by atoms with Crippen LogP contribution in [0, 0.1) is 10.1 Å². The lowest BCUT2D eigenvalue weighted by Crippen LogP contribution is -2.19. The molecule has 0 atom stereocenters. The first-order valence-corrected chi connectivity index (χ1v) is 7.29. The second kappa shape index (κ2) is 5.44. The Morgan fingerprint density at radius 3 is 2.30 bits per heavy atom. The minimum absolute atomic E-state index is 0.216. The van der Waals surface area contributed by atoms with E-state index in [1.54, 1.807) is 0 Å². The third kappa shape index (κ3) is 3.73. The van der Waals surface area contributed by atoms with E-state index in [1.807, 2.05) is 0 Å². The van der Waals surface area contributed by atoms with Crippen LogP contribution in [0.4, 0.5) is 18.9 Å². The third-order valence-corrected chi connectivity index (χ3v) is 3.62. The van der Waals surface area contributed by atoms with Crippen molar-refractivity contribution in [3.63, 3.8) is 0 Å².